The first-order valence-electron chi connectivity index (χ1n) is 2.74. The maximum atomic E-state index is 10.1. The lowest BCUT2D eigenvalue weighted by Gasteiger charge is -1.92. The number of nitrogens with two attached hydrogens (primary N) is 1. The highest BCUT2D eigenvalue weighted by Gasteiger charge is 1.89. The third kappa shape index (κ3) is 5.03. The molecule has 0 aromatic rings. The molecule has 0 saturated heterocycles. The van der Waals surface area contributed by atoms with E-state index in [4.69, 9.17) is 10.8 Å². The van der Waals surface area contributed by atoms with E-state index in [2.05, 4.69) is 0 Å². The predicted octanol–water partition coefficient (Wildman–Crippen LogP) is -0.200. The van der Waals surface area contributed by atoms with Gasteiger partial charge in [-0.05, 0) is 13.3 Å². The minimum absolute atomic E-state index is 0.0651. The van der Waals surface area contributed by atoms with Gasteiger partial charge in [0.15, 0.2) is 0 Å². The van der Waals surface area contributed by atoms with Gasteiger partial charge in [0, 0.05) is 12.7 Å². The monoisotopic (exact) mass is 129 g/mol. The van der Waals surface area contributed by atoms with Crippen LogP contribution in [0.5, 0.6) is 0 Å². The van der Waals surface area contributed by atoms with Crippen molar-refractivity contribution in [3.8, 4) is 0 Å². The van der Waals surface area contributed by atoms with Crippen LogP contribution in [-0.2, 0) is 4.79 Å². The Bertz CT molecular complexity index is 129. The van der Waals surface area contributed by atoms with Gasteiger partial charge in [-0.1, -0.05) is 5.57 Å². The van der Waals surface area contributed by atoms with E-state index in [0.29, 0.717) is 6.42 Å². The van der Waals surface area contributed by atoms with Crippen LogP contribution in [0.25, 0.3) is 0 Å². The molecule has 0 aliphatic rings. The molecule has 9 heavy (non-hydrogen) atoms. The first kappa shape index (κ1) is 8.17. The van der Waals surface area contributed by atoms with Crippen molar-refractivity contribution in [2.24, 2.45) is 5.73 Å². The van der Waals surface area contributed by atoms with Crippen LogP contribution >= 0.6 is 0 Å². The first-order chi connectivity index (χ1) is 4.16. The van der Waals surface area contributed by atoms with E-state index < -0.39 is 5.91 Å². The van der Waals surface area contributed by atoms with Crippen LogP contribution in [0.3, 0.4) is 0 Å². The fourth-order valence-electron chi connectivity index (χ4n) is 0.491. The van der Waals surface area contributed by atoms with Gasteiger partial charge in [-0.15, -0.1) is 0 Å². The summed E-state index contributed by atoms with van der Waals surface area (Å²) in [4.78, 5) is 10.1. The van der Waals surface area contributed by atoms with E-state index in [1.54, 1.807) is 6.92 Å². The van der Waals surface area contributed by atoms with Gasteiger partial charge in [-0.2, -0.15) is 0 Å². The van der Waals surface area contributed by atoms with Crippen LogP contribution in [-0.4, -0.2) is 17.6 Å². The van der Waals surface area contributed by atoms with E-state index in [1.165, 1.54) is 6.08 Å². The number of rotatable bonds is 3. The van der Waals surface area contributed by atoms with Crippen molar-refractivity contribution in [3.63, 3.8) is 0 Å². The summed E-state index contributed by atoms with van der Waals surface area (Å²) in [7, 11) is 0. The number of amides is 1. The molecule has 0 spiro atoms. The summed E-state index contributed by atoms with van der Waals surface area (Å²) < 4.78 is 0. The van der Waals surface area contributed by atoms with Crippen molar-refractivity contribution >= 4 is 5.91 Å². The quantitative estimate of drug-likeness (QED) is 0.518. The Hall–Kier alpha value is -0.830. The molecule has 0 aromatic heterocycles. The number of carbonyl (C=O) groups excluding carboxylic acids is 1. The SMILES string of the molecule is C/C(=C/C(N)=O)CCO. The van der Waals surface area contributed by atoms with Gasteiger partial charge in [-0.3, -0.25) is 4.79 Å². The Morgan fingerprint density at radius 1 is 1.78 bits per heavy atom. The third-order valence-electron chi connectivity index (χ3n) is 0.895. The smallest absolute Gasteiger partial charge is 0.241 e. The molecule has 3 heteroatoms. The summed E-state index contributed by atoms with van der Waals surface area (Å²) in [5.41, 5.74) is 5.64. The summed E-state index contributed by atoms with van der Waals surface area (Å²) >= 11 is 0. The van der Waals surface area contributed by atoms with Gasteiger partial charge in [0.25, 0.3) is 0 Å². The number of primary amides is 1. The molecule has 0 saturated carbocycles. The molecule has 52 valence electrons. The second-order valence-electron chi connectivity index (χ2n) is 1.87. The summed E-state index contributed by atoms with van der Waals surface area (Å²) in [5.74, 6) is -0.457. The van der Waals surface area contributed by atoms with Crippen LogP contribution in [0.1, 0.15) is 13.3 Å². The maximum Gasteiger partial charge on any atom is 0.241 e. The molecule has 0 heterocycles. The fraction of sp³-hybridized carbons (Fsp3) is 0.500. The molecule has 3 nitrogen and oxygen atoms in total. The molecule has 0 bridgehead atoms. The Morgan fingerprint density at radius 3 is 2.67 bits per heavy atom. The van der Waals surface area contributed by atoms with Gasteiger partial charge in [0.05, 0.1) is 0 Å². The Kier molecular flexibility index (Phi) is 3.71. The zero-order chi connectivity index (χ0) is 7.28. The standard InChI is InChI=1S/C6H11NO2/c1-5(2-3-8)4-6(7)9/h4,8H,2-3H2,1H3,(H2,7,9)/b5-4-. The zero-order valence-electron chi connectivity index (χ0n) is 5.42. The molecular weight excluding hydrogens is 118 g/mol. The Labute approximate surface area is 54.2 Å². The van der Waals surface area contributed by atoms with Crippen LogP contribution in [0.15, 0.2) is 11.6 Å². The van der Waals surface area contributed by atoms with Gasteiger partial charge in [0.2, 0.25) is 5.91 Å². The van der Waals surface area contributed by atoms with E-state index in [0.717, 1.165) is 5.57 Å². The second kappa shape index (κ2) is 4.09. The summed E-state index contributed by atoms with van der Waals surface area (Å²) in [6.07, 6.45) is 1.83. The number of hydrogen-bond acceptors (Lipinski definition) is 2. The molecule has 0 atom stereocenters. The minimum Gasteiger partial charge on any atom is -0.396 e. The molecule has 0 aromatic carbocycles. The Balaban J connectivity index is 3.69. The predicted molar refractivity (Wildman–Crippen MR) is 34.7 cm³/mol. The van der Waals surface area contributed by atoms with E-state index in [1.807, 2.05) is 0 Å². The highest BCUT2D eigenvalue weighted by molar-refractivity contribution is 5.86. The topological polar surface area (TPSA) is 63.3 Å². The lowest BCUT2D eigenvalue weighted by atomic mass is 10.2. The molecule has 0 fully saturated rings. The van der Waals surface area contributed by atoms with Gasteiger partial charge in [0.1, 0.15) is 0 Å². The normalized spacial score (nSPS) is 11.6. The van der Waals surface area contributed by atoms with Crippen molar-refractivity contribution in [2.75, 3.05) is 6.61 Å². The van der Waals surface area contributed by atoms with Crippen molar-refractivity contribution in [1.82, 2.24) is 0 Å². The van der Waals surface area contributed by atoms with Crippen LogP contribution in [0.2, 0.25) is 0 Å². The van der Waals surface area contributed by atoms with E-state index >= 15 is 0 Å². The number of hydrogen-bond donors (Lipinski definition) is 2. The highest BCUT2D eigenvalue weighted by Crippen LogP contribution is 1.95. The number of aliphatic hydroxyl groups is 1. The van der Waals surface area contributed by atoms with Crippen molar-refractivity contribution < 1.29 is 9.90 Å². The average molecular weight is 129 g/mol. The average Bonchev–Trinajstić information content (AvgIpc) is 1.63. The molecule has 0 radical (unpaired) electrons. The fourth-order valence-corrected chi connectivity index (χ4v) is 0.491. The molecule has 0 aliphatic heterocycles. The van der Waals surface area contributed by atoms with Crippen molar-refractivity contribution in [2.45, 2.75) is 13.3 Å². The van der Waals surface area contributed by atoms with Crippen molar-refractivity contribution in [1.29, 1.82) is 0 Å². The minimum atomic E-state index is -0.457. The second-order valence-corrected chi connectivity index (χ2v) is 1.87. The highest BCUT2D eigenvalue weighted by atomic mass is 16.3. The van der Waals surface area contributed by atoms with Gasteiger partial charge >= 0.3 is 0 Å². The lowest BCUT2D eigenvalue weighted by Crippen LogP contribution is -2.06. The molecule has 0 aliphatic carbocycles. The van der Waals surface area contributed by atoms with E-state index in [9.17, 15) is 4.79 Å². The van der Waals surface area contributed by atoms with Crippen LogP contribution in [0, 0.1) is 0 Å². The van der Waals surface area contributed by atoms with Gasteiger partial charge < -0.3 is 10.8 Å². The third-order valence-corrected chi connectivity index (χ3v) is 0.895. The molecule has 3 N–H and O–H groups in total. The number of carbonyl (C=O) groups is 1. The van der Waals surface area contributed by atoms with Crippen molar-refractivity contribution in [3.05, 3.63) is 11.6 Å². The molecular formula is C6H11NO2. The van der Waals surface area contributed by atoms with Crippen LogP contribution < -0.4 is 5.73 Å². The summed E-state index contributed by atoms with van der Waals surface area (Å²) in [5, 5.41) is 8.36. The van der Waals surface area contributed by atoms with Gasteiger partial charge in [-0.25, -0.2) is 0 Å². The van der Waals surface area contributed by atoms with E-state index in [-0.39, 0.29) is 6.61 Å². The Morgan fingerprint density at radius 2 is 2.33 bits per heavy atom. The molecule has 0 unspecified atom stereocenters. The molecule has 0 rings (SSSR count). The first-order valence-corrected chi connectivity index (χ1v) is 2.74. The largest absolute Gasteiger partial charge is 0.396 e. The zero-order valence-corrected chi connectivity index (χ0v) is 5.42. The number of aliphatic hydroxyl groups excluding tert-OH is 1. The summed E-state index contributed by atoms with van der Waals surface area (Å²) in [6.45, 7) is 1.82. The molecule has 1 amide bonds. The summed E-state index contributed by atoms with van der Waals surface area (Å²) in [6, 6.07) is 0. The lowest BCUT2D eigenvalue weighted by molar-refractivity contribution is -0.113. The van der Waals surface area contributed by atoms with Crippen LogP contribution in [0.4, 0.5) is 0 Å². The maximum absolute atomic E-state index is 10.1.